The standard InChI is InChI=1S/C21H30O3/c1-5-6-7-11-18-17(19(22)14-20(23)21(18)24)13-12-16(4)10-8-9-15(2)3/h9,12,14,23H,5-8,10-11,13H2,1-4H3/b16-12+. The molecule has 0 fully saturated rings. The second-order valence-electron chi connectivity index (χ2n) is 6.71. The fourth-order valence-electron chi connectivity index (χ4n) is 2.72. The highest BCUT2D eigenvalue weighted by molar-refractivity contribution is 6.21. The molecule has 24 heavy (non-hydrogen) atoms. The molecule has 0 radical (unpaired) electrons. The first-order chi connectivity index (χ1) is 11.4. The number of aliphatic hydroxyl groups is 1. The van der Waals surface area contributed by atoms with Crippen LogP contribution in [0.1, 0.15) is 72.6 Å². The SMILES string of the molecule is CCCCCC1=C(C/C=C(\C)CCC=C(C)C)C(=O)C=C(O)C1=O. The van der Waals surface area contributed by atoms with Crippen molar-refractivity contribution in [2.75, 3.05) is 0 Å². The molecule has 0 bridgehead atoms. The van der Waals surface area contributed by atoms with Gasteiger partial charge >= 0.3 is 0 Å². The van der Waals surface area contributed by atoms with Gasteiger partial charge in [-0.2, -0.15) is 0 Å². The molecule has 0 aromatic rings. The van der Waals surface area contributed by atoms with Gasteiger partial charge in [-0.25, -0.2) is 0 Å². The van der Waals surface area contributed by atoms with Crippen molar-refractivity contribution in [2.24, 2.45) is 0 Å². The number of hydrogen-bond donors (Lipinski definition) is 1. The van der Waals surface area contributed by atoms with Crippen molar-refractivity contribution in [1.82, 2.24) is 0 Å². The molecule has 0 saturated carbocycles. The van der Waals surface area contributed by atoms with Gasteiger partial charge in [-0.05, 0) is 52.9 Å². The van der Waals surface area contributed by atoms with Gasteiger partial charge in [-0.3, -0.25) is 9.59 Å². The number of aliphatic hydroxyl groups excluding tert-OH is 1. The van der Waals surface area contributed by atoms with E-state index in [1.807, 2.05) is 6.08 Å². The van der Waals surface area contributed by atoms with Crippen LogP contribution in [0, 0.1) is 0 Å². The summed E-state index contributed by atoms with van der Waals surface area (Å²) >= 11 is 0. The average molecular weight is 330 g/mol. The summed E-state index contributed by atoms with van der Waals surface area (Å²) in [5, 5.41) is 9.67. The van der Waals surface area contributed by atoms with Gasteiger partial charge in [0.05, 0.1) is 0 Å². The summed E-state index contributed by atoms with van der Waals surface area (Å²) in [6.45, 7) is 8.31. The molecule has 0 aromatic carbocycles. The molecule has 1 rings (SSSR count). The molecule has 1 N–H and O–H groups in total. The molecule has 1 aliphatic carbocycles. The highest BCUT2D eigenvalue weighted by Crippen LogP contribution is 2.26. The number of Topliss-reactive ketones (excluding diaryl/α,β-unsaturated/α-hetero) is 1. The molecule has 0 amide bonds. The first-order valence-electron chi connectivity index (χ1n) is 8.87. The van der Waals surface area contributed by atoms with Crippen molar-refractivity contribution < 1.29 is 14.7 Å². The maximum absolute atomic E-state index is 12.2. The van der Waals surface area contributed by atoms with Gasteiger partial charge in [0, 0.05) is 17.2 Å². The van der Waals surface area contributed by atoms with E-state index in [4.69, 9.17) is 0 Å². The topological polar surface area (TPSA) is 54.4 Å². The fourth-order valence-corrected chi connectivity index (χ4v) is 2.72. The van der Waals surface area contributed by atoms with Crippen molar-refractivity contribution in [3.05, 3.63) is 46.3 Å². The van der Waals surface area contributed by atoms with E-state index in [0.717, 1.165) is 38.2 Å². The second-order valence-corrected chi connectivity index (χ2v) is 6.71. The van der Waals surface area contributed by atoms with Crippen molar-refractivity contribution in [2.45, 2.75) is 72.6 Å². The van der Waals surface area contributed by atoms with Crippen LogP contribution in [0.25, 0.3) is 0 Å². The van der Waals surface area contributed by atoms with Gasteiger partial charge in [0.25, 0.3) is 0 Å². The van der Waals surface area contributed by atoms with Gasteiger partial charge in [-0.1, -0.05) is 43.1 Å². The molecule has 0 atom stereocenters. The maximum Gasteiger partial charge on any atom is 0.223 e. The van der Waals surface area contributed by atoms with Crippen molar-refractivity contribution in [3.63, 3.8) is 0 Å². The molecule has 0 aliphatic heterocycles. The summed E-state index contributed by atoms with van der Waals surface area (Å²) in [4.78, 5) is 24.4. The number of carbonyl (C=O) groups excluding carboxylic acids is 2. The third kappa shape index (κ3) is 6.31. The number of carbonyl (C=O) groups is 2. The van der Waals surface area contributed by atoms with Gasteiger partial charge < -0.3 is 5.11 Å². The molecular weight excluding hydrogens is 300 g/mol. The Morgan fingerprint density at radius 3 is 2.42 bits per heavy atom. The van der Waals surface area contributed by atoms with E-state index in [1.165, 1.54) is 11.1 Å². The highest BCUT2D eigenvalue weighted by atomic mass is 16.3. The Balaban J connectivity index is 2.86. The zero-order valence-electron chi connectivity index (χ0n) is 15.4. The second kappa shape index (κ2) is 10.1. The molecule has 1 aliphatic rings. The lowest BCUT2D eigenvalue weighted by molar-refractivity contribution is -0.118. The van der Waals surface area contributed by atoms with Crippen LogP contribution in [0.2, 0.25) is 0 Å². The molecule has 0 aromatic heterocycles. The molecule has 0 spiro atoms. The van der Waals surface area contributed by atoms with Crippen LogP contribution >= 0.6 is 0 Å². The Labute approximate surface area is 145 Å². The van der Waals surface area contributed by atoms with E-state index in [9.17, 15) is 14.7 Å². The fraction of sp³-hybridized carbons (Fsp3) is 0.524. The minimum Gasteiger partial charge on any atom is -0.504 e. The first kappa shape index (κ1) is 20.1. The van der Waals surface area contributed by atoms with E-state index >= 15 is 0 Å². The van der Waals surface area contributed by atoms with E-state index < -0.39 is 5.76 Å². The zero-order chi connectivity index (χ0) is 18.1. The lowest BCUT2D eigenvalue weighted by Gasteiger charge is -2.16. The normalized spacial score (nSPS) is 15.7. The lowest BCUT2D eigenvalue weighted by atomic mass is 9.87. The Bertz CT molecular complexity index is 597. The minimum atomic E-state index is -0.417. The summed E-state index contributed by atoms with van der Waals surface area (Å²) in [6.07, 6.45) is 11.2. The van der Waals surface area contributed by atoms with E-state index in [2.05, 4.69) is 33.8 Å². The predicted octanol–water partition coefficient (Wildman–Crippen LogP) is 5.54. The predicted molar refractivity (Wildman–Crippen MR) is 98.9 cm³/mol. The average Bonchev–Trinajstić information content (AvgIpc) is 2.51. The number of allylic oxidation sites excluding steroid dienone is 7. The van der Waals surface area contributed by atoms with Crippen LogP contribution in [-0.4, -0.2) is 16.7 Å². The maximum atomic E-state index is 12.2. The number of ketones is 2. The molecule has 0 saturated heterocycles. The Kier molecular flexibility index (Phi) is 8.45. The number of hydrogen-bond acceptors (Lipinski definition) is 3. The van der Waals surface area contributed by atoms with Crippen molar-refractivity contribution >= 4 is 11.6 Å². The Morgan fingerprint density at radius 2 is 1.79 bits per heavy atom. The molecule has 3 nitrogen and oxygen atoms in total. The van der Waals surface area contributed by atoms with Crippen molar-refractivity contribution in [3.8, 4) is 0 Å². The lowest BCUT2D eigenvalue weighted by Crippen LogP contribution is -2.19. The van der Waals surface area contributed by atoms with Crippen LogP contribution in [0.4, 0.5) is 0 Å². The monoisotopic (exact) mass is 330 g/mol. The largest absolute Gasteiger partial charge is 0.504 e. The van der Waals surface area contributed by atoms with Crippen LogP contribution in [0.15, 0.2) is 46.3 Å². The van der Waals surface area contributed by atoms with Gasteiger partial charge in [0.15, 0.2) is 11.5 Å². The van der Waals surface area contributed by atoms with E-state index in [-0.39, 0.29) is 11.6 Å². The van der Waals surface area contributed by atoms with Crippen LogP contribution < -0.4 is 0 Å². The number of unbranched alkanes of at least 4 members (excludes halogenated alkanes) is 2. The molecule has 0 heterocycles. The zero-order valence-corrected chi connectivity index (χ0v) is 15.4. The van der Waals surface area contributed by atoms with Gasteiger partial charge in [0.2, 0.25) is 5.78 Å². The summed E-state index contributed by atoms with van der Waals surface area (Å²) < 4.78 is 0. The Morgan fingerprint density at radius 1 is 1.08 bits per heavy atom. The minimum absolute atomic E-state index is 0.230. The summed E-state index contributed by atoms with van der Waals surface area (Å²) in [5.41, 5.74) is 3.57. The summed E-state index contributed by atoms with van der Waals surface area (Å²) in [7, 11) is 0. The molecule has 0 unspecified atom stereocenters. The third-order valence-electron chi connectivity index (χ3n) is 4.21. The Hall–Kier alpha value is -1.90. The summed E-state index contributed by atoms with van der Waals surface area (Å²) in [5.74, 6) is -1.03. The van der Waals surface area contributed by atoms with E-state index in [1.54, 1.807) is 0 Å². The van der Waals surface area contributed by atoms with Gasteiger partial charge in [-0.15, -0.1) is 0 Å². The molecular formula is C21H30O3. The number of rotatable bonds is 9. The molecule has 3 heteroatoms. The quantitative estimate of drug-likeness (QED) is 0.343. The smallest absolute Gasteiger partial charge is 0.223 e. The third-order valence-corrected chi connectivity index (χ3v) is 4.21. The van der Waals surface area contributed by atoms with Crippen molar-refractivity contribution in [1.29, 1.82) is 0 Å². The van der Waals surface area contributed by atoms with Crippen LogP contribution in [0.3, 0.4) is 0 Å². The van der Waals surface area contributed by atoms with Crippen LogP contribution in [-0.2, 0) is 9.59 Å². The van der Waals surface area contributed by atoms with E-state index in [0.29, 0.717) is 24.0 Å². The summed E-state index contributed by atoms with van der Waals surface area (Å²) in [6, 6.07) is 0. The van der Waals surface area contributed by atoms with Crippen LogP contribution in [0.5, 0.6) is 0 Å². The van der Waals surface area contributed by atoms with Gasteiger partial charge in [0.1, 0.15) is 0 Å². The highest BCUT2D eigenvalue weighted by Gasteiger charge is 2.27. The first-order valence-corrected chi connectivity index (χ1v) is 8.87. The molecule has 132 valence electrons.